The number of anilines is 1. The zero-order valence-electron chi connectivity index (χ0n) is 10.8. The quantitative estimate of drug-likeness (QED) is 0.663. The van der Waals surface area contributed by atoms with Gasteiger partial charge in [0, 0.05) is 18.2 Å². The van der Waals surface area contributed by atoms with E-state index in [-0.39, 0.29) is 23.7 Å². The van der Waals surface area contributed by atoms with E-state index in [0.717, 1.165) is 6.07 Å². The second kappa shape index (κ2) is 5.56. The van der Waals surface area contributed by atoms with Gasteiger partial charge in [-0.3, -0.25) is 10.1 Å². The molecular weight excluding hydrogens is 263 g/mol. The third kappa shape index (κ3) is 2.69. The lowest BCUT2D eigenvalue weighted by Gasteiger charge is -2.10. The number of phenolic OH excluding ortho intramolecular Hbond substituents is 1. The van der Waals surface area contributed by atoms with Crippen LogP contribution >= 0.6 is 0 Å². The Morgan fingerprint density at radius 3 is 2.70 bits per heavy atom. The summed E-state index contributed by atoms with van der Waals surface area (Å²) in [5.41, 5.74) is 0.713. The Kier molecular flexibility index (Phi) is 3.84. The summed E-state index contributed by atoms with van der Waals surface area (Å²) in [6, 6.07) is 8.81. The molecule has 0 aromatic heterocycles. The van der Waals surface area contributed by atoms with Crippen LogP contribution in [-0.2, 0) is 6.54 Å². The van der Waals surface area contributed by atoms with Crippen molar-refractivity contribution < 1.29 is 14.4 Å². The summed E-state index contributed by atoms with van der Waals surface area (Å²) in [6.07, 6.45) is 0. The predicted octanol–water partition coefficient (Wildman–Crippen LogP) is 3.36. The van der Waals surface area contributed by atoms with Crippen LogP contribution in [0.15, 0.2) is 36.4 Å². The van der Waals surface area contributed by atoms with Crippen molar-refractivity contribution in [3.63, 3.8) is 0 Å². The van der Waals surface area contributed by atoms with Gasteiger partial charge in [-0.05, 0) is 18.6 Å². The van der Waals surface area contributed by atoms with Gasteiger partial charge < -0.3 is 10.4 Å². The first-order chi connectivity index (χ1) is 9.50. The predicted molar refractivity (Wildman–Crippen MR) is 73.2 cm³/mol. The minimum absolute atomic E-state index is 0.0925. The number of nitro benzene ring substituents is 1. The van der Waals surface area contributed by atoms with Crippen LogP contribution in [0.1, 0.15) is 11.1 Å². The van der Waals surface area contributed by atoms with Crippen molar-refractivity contribution in [2.24, 2.45) is 0 Å². The van der Waals surface area contributed by atoms with E-state index in [4.69, 9.17) is 0 Å². The summed E-state index contributed by atoms with van der Waals surface area (Å²) in [4.78, 5) is 10.2. The van der Waals surface area contributed by atoms with Gasteiger partial charge in [-0.15, -0.1) is 0 Å². The van der Waals surface area contributed by atoms with Gasteiger partial charge in [0.2, 0.25) is 0 Å². The average Bonchev–Trinajstić information content (AvgIpc) is 2.41. The lowest BCUT2D eigenvalue weighted by Crippen LogP contribution is -2.05. The molecule has 0 unspecified atom stereocenters. The molecule has 0 aliphatic heterocycles. The van der Waals surface area contributed by atoms with Gasteiger partial charge in [-0.25, -0.2) is 4.39 Å². The molecule has 0 saturated carbocycles. The fourth-order valence-corrected chi connectivity index (χ4v) is 1.89. The highest BCUT2D eigenvalue weighted by atomic mass is 19.1. The molecule has 2 rings (SSSR count). The summed E-state index contributed by atoms with van der Waals surface area (Å²) in [5.74, 6) is -0.606. The minimum atomic E-state index is -0.702. The molecule has 0 atom stereocenters. The summed E-state index contributed by atoms with van der Waals surface area (Å²) in [5, 5.41) is 23.4. The molecule has 0 radical (unpaired) electrons. The van der Waals surface area contributed by atoms with E-state index in [9.17, 15) is 19.6 Å². The highest BCUT2D eigenvalue weighted by Gasteiger charge is 2.17. The third-order valence-corrected chi connectivity index (χ3v) is 2.97. The summed E-state index contributed by atoms with van der Waals surface area (Å²) >= 11 is 0. The van der Waals surface area contributed by atoms with Crippen LogP contribution in [0, 0.1) is 22.9 Å². The number of hydrogen-bond acceptors (Lipinski definition) is 4. The largest absolute Gasteiger partial charge is 0.507 e. The number of hydrogen-bond donors (Lipinski definition) is 2. The van der Waals surface area contributed by atoms with Crippen LogP contribution in [0.4, 0.5) is 15.8 Å². The van der Waals surface area contributed by atoms with Crippen molar-refractivity contribution in [1.82, 2.24) is 0 Å². The van der Waals surface area contributed by atoms with Crippen LogP contribution < -0.4 is 5.32 Å². The SMILES string of the molecule is Cc1cccc(CNc2c(F)cccc2[N+](=O)[O-])c1O. The van der Waals surface area contributed by atoms with Crippen LogP contribution in [0.3, 0.4) is 0 Å². The molecule has 0 spiro atoms. The number of aryl methyl sites for hydroxylation is 1. The molecule has 2 N–H and O–H groups in total. The third-order valence-electron chi connectivity index (χ3n) is 2.97. The van der Waals surface area contributed by atoms with Crippen LogP contribution in [0.5, 0.6) is 5.75 Å². The smallest absolute Gasteiger partial charge is 0.295 e. The van der Waals surface area contributed by atoms with E-state index in [2.05, 4.69) is 5.32 Å². The first-order valence-corrected chi connectivity index (χ1v) is 5.95. The molecule has 0 heterocycles. The zero-order chi connectivity index (χ0) is 14.7. The number of aromatic hydroxyl groups is 1. The Morgan fingerprint density at radius 2 is 2.00 bits per heavy atom. The second-order valence-corrected chi connectivity index (χ2v) is 4.33. The van der Waals surface area contributed by atoms with E-state index in [1.165, 1.54) is 12.1 Å². The van der Waals surface area contributed by atoms with E-state index in [0.29, 0.717) is 11.1 Å². The maximum absolute atomic E-state index is 13.7. The number of rotatable bonds is 4. The fourth-order valence-electron chi connectivity index (χ4n) is 1.89. The molecule has 20 heavy (non-hydrogen) atoms. The van der Waals surface area contributed by atoms with E-state index in [1.807, 2.05) is 0 Å². The molecule has 2 aromatic rings. The number of nitrogens with zero attached hydrogens (tertiary/aromatic N) is 1. The normalized spacial score (nSPS) is 10.3. The van der Waals surface area contributed by atoms with Crippen molar-refractivity contribution in [1.29, 1.82) is 0 Å². The standard InChI is InChI=1S/C14H13FN2O3/c1-9-4-2-5-10(14(9)18)8-16-13-11(15)6-3-7-12(13)17(19)20/h2-7,16,18H,8H2,1H3. The number of nitrogens with one attached hydrogen (secondary N) is 1. The van der Waals surface area contributed by atoms with E-state index >= 15 is 0 Å². The van der Waals surface area contributed by atoms with Crippen molar-refractivity contribution in [3.8, 4) is 5.75 Å². The highest BCUT2D eigenvalue weighted by molar-refractivity contribution is 5.62. The van der Waals surface area contributed by atoms with Gasteiger partial charge in [0.15, 0.2) is 5.82 Å². The van der Waals surface area contributed by atoms with Crippen molar-refractivity contribution >= 4 is 11.4 Å². The van der Waals surface area contributed by atoms with Gasteiger partial charge in [0.25, 0.3) is 5.69 Å². The Morgan fingerprint density at radius 1 is 1.30 bits per heavy atom. The maximum Gasteiger partial charge on any atom is 0.295 e. The van der Waals surface area contributed by atoms with Crippen LogP contribution in [0.25, 0.3) is 0 Å². The average molecular weight is 276 g/mol. The van der Waals surface area contributed by atoms with Crippen LogP contribution in [0.2, 0.25) is 0 Å². The summed E-state index contributed by atoms with van der Waals surface area (Å²) in [7, 11) is 0. The Bertz CT molecular complexity index is 659. The van der Waals surface area contributed by atoms with Gasteiger partial charge in [-0.1, -0.05) is 24.3 Å². The summed E-state index contributed by atoms with van der Waals surface area (Å²) in [6.45, 7) is 1.83. The Balaban J connectivity index is 2.27. The minimum Gasteiger partial charge on any atom is -0.507 e. The molecule has 0 aliphatic carbocycles. The van der Waals surface area contributed by atoms with E-state index < -0.39 is 10.7 Å². The molecule has 0 amide bonds. The lowest BCUT2D eigenvalue weighted by molar-refractivity contribution is -0.384. The number of nitro groups is 1. The lowest BCUT2D eigenvalue weighted by atomic mass is 10.1. The molecule has 0 fully saturated rings. The van der Waals surface area contributed by atoms with Crippen molar-refractivity contribution in [2.45, 2.75) is 13.5 Å². The Hall–Kier alpha value is -2.63. The molecular formula is C14H13FN2O3. The highest BCUT2D eigenvalue weighted by Crippen LogP contribution is 2.29. The topological polar surface area (TPSA) is 75.4 Å². The monoisotopic (exact) mass is 276 g/mol. The maximum atomic E-state index is 13.7. The number of halogens is 1. The number of para-hydroxylation sites is 2. The van der Waals surface area contributed by atoms with Gasteiger partial charge >= 0.3 is 0 Å². The van der Waals surface area contributed by atoms with Gasteiger partial charge in [0.1, 0.15) is 11.4 Å². The first kappa shape index (κ1) is 13.8. The summed E-state index contributed by atoms with van der Waals surface area (Å²) < 4.78 is 13.7. The van der Waals surface area contributed by atoms with E-state index in [1.54, 1.807) is 25.1 Å². The molecule has 0 bridgehead atoms. The molecule has 2 aromatic carbocycles. The fraction of sp³-hybridized carbons (Fsp3) is 0.143. The van der Waals surface area contributed by atoms with Crippen molar-refractivity contribution in [2.75, 3.05) is 5.32 Å². The van der Waals surface area contributed by atoms with Crippen LogP contribution in [-0.4, -0.2) is 10.0 Å². The molecule has 0 saturated heterocycles. The second-order valence-electron chi connectivity index (χ2n) is 4.33. The number of phenols is 1. The molecule has 6 heteroatoms. The first-order valence-electron chi connectivity index (χ1n) is 5.95. The zero-order valence-corrected chi connectivity index (χ0v) is 10.8. The van der Waals surface area contributed by atoms with Crippen molar-refractivity contribution in [3.05, 3.63) is 63.5 Å². The molecule has 5 nitrogen and oxygen atoms in total. The Labute approximate surface area is 114 Å². The van der Waals surface area contributed by atoms with Gasteiger partial charge in [-0.2, -0.15) is 0 Å². The number of benzene rings is 2. The molecule has 104 valence electrons. The molecule has 0 aliphatic rings. The van der Waals surface area contributed by atoms with Gasteiger partial charge in [0.05, 0.1) is 4.92 Å².